The van der Waals surface area contributed by atoms with Gasteiger partial charge in [0, 0.05) is 6.42 Å². The van der Waals surface area contributed by atoms with Gasteiger partial charge in [-0.05, 0) is 33.1 Å². The first-order valence-electron chi connectivity index (χ1n) is 6.06. The van der Waals surface area contributed by atoms with Crippen LogP contribution in [-0.2, 0) is 0 Å². The monoisotopic (exact) mass is 211 g/mol. The number of nitrogens with zero attached hydrogens (tertiary/aromatic N) is 1. The van der Waals surface area contributed by atoms with Crippen LogP contribution in [-0.4, -0.2) is 11.4 Å². The Hall–Kier alpha value is -0.570. The van der Waals surface area contributed by atoms with Crippen LogP contribution >= 0.6 is 0 Å². The molecule has 1 aliphatic carbocycles. The lowest BCUT2D eigenvalue weighted by molar-refractivity contribution is 0.507. The first kappa shape index (κ1) is 12.5. The van der Waals surface area contributed by atoms with Crippen LogP contribution in [0.15, 0.2) is 4.99 Å². The first-order chi connectivity index (χ1) is 7.01. The highest BCUT2D eigenvalue weighted by Crippen LogP contribution is 2.28. The summed E-state index contributed by atoms with van der Waals surface area (Å²) in [5.41, 5.74) is 2.70. The van der Waals surface area contributed by atoms with Crippen LogP contribution in [0.3, 0.4) is 0 Å². The summed E-state index contributed by atoms with van der Waals surface area (Å²) < 4.78 is 0. The van der Waals surface area contributed by atoms with E-state index in [1.54, 1.807) is 0 Å². The van der Waals surface area contributed by atoms with E-state index in [1.807, 2.05) is 0 Å². The molecule has 0 aromatic heterocycles. The molecule has 0 unspecified atom stereocenters. The molecular weight excluding hydrogens is 186 g/mol. The minimum absolute atomic E-state index is 0.0304. The van der Waals surface area contributed by atoms with Gasteiger partial charge in [-0.2, -0.15) is 0 Å². The zero-order valence-electron chi connectivity index (χ0n) is 10.3. The van der Waals surface area contributed by atoms with Crippen LogP contribution in [0.1, 0.15) is 59.3 Å². The van der Waals surface area contributed by atoms with Crippen molar-refractivity contribution >= 4 is 5.84 Å². The molecular formula is C12H25N3. The summed E-state index contributed by atoms with van der Waals surface area (Å²) in [6, 6.07) is 0. The third kappa shape index (κ3) is 5.17. The van der Waals surface area contributed by atoms with Gasteiger partial charge in [-0.1, -0.05) is 25.7 Å². The Balaban J connectivity index is 2.36. The van der Waals surface area contributed by atoms with Crippen LogP contribution in [0.25, 0.3) is 0 Å². The van der Waals surface area contributed by atoms with E-state index in [0.717, 1.165) is 18.2 Å². The number of hydrazine groups is 1. The number of nitrogens with two attached hydrogens (primary N) is 1. The molecule has 15 heavy (non-hydrogen) atoms. The Morgan fingerprint density at radius 1 is 1.33 bits per heavy atom. The van der Waals surface area contributed by atoms with E-state index in [9.17, 15) is 0 Å². The molecule has 0 atom stereocenters. The van der Waals surface area contributed by atoms with Gasteiger partial charge in [-0.3, -0.25) is 4.99 Å². The molecule has 3 nitrogen and oxygen atoms in total. The lowest BCUT2D eigenvalue weighted by Crippen LogP contribution is -2.33. The maximum atomic E-state index is 5.48. The molecule has 1 saturated carbocycles. The normalized spacial score (nSPS) is 19.6. The van der Waals surface area contributed by atoms with E-state index in [4.69, 9.17) is 5.84 Å². The maximum Gasteiger partial charge on any atom is 0.111 e. The molecule has 0 spiro atoms. The maximum absolute atomic E-state index is 5.48. The molecule has 0 aromatic carbocycles. The van der Waals surface area contributed by atoms with E-state index < -0.39 is 0 Å². The van der Waals surface area contributed by atoms with E-state index in [1.165, 1.54) is 32.1 Å². The van der Waals surface area contributed by atoms with Crippen molar-refractivity contribution in [2.75, 3.05) is 0 Å². The summed E-state index contributed by atoms with van der Waals surface area (Å²) in [4.78, 5) is 4.57. The molecule has 3 N–H and O–H groups in total. The Bertz CT molecular complexity index is 209. The van der Waals surface area contributed by atoms with E-state index in [0.29, 0.717) is 0 Å². The Morgan fingerprint density at radius 2 is 1.93 bits per heavy atom. The zero-order chi connectivity index (χ0) is 11.3. The number of rotatable bonds is 3. The van der Waals surface area contributed by atoms with Crippen molar-refractivity contribution in [2.45, 2.75) is 64.8 Å². The fourth-order valence-corrected chi connectivity index (χ4v) is 2.21. The quantitative estimate of drug-likeness (QED) is 0.326. The summed E-state index contributed by atoms with van der Waals surface area (Å²) in [5.74, 6) is 7.34. The minimum atomic E-state index is -0.0304. The van der Waals surface area contributed by atoms with E-state index in [2.05, 4.69) is 31.2 Å². The van der Waals surface area contributed by atoms with Crippen LogP contribution in [0.4, 0.5) is 0 Å². The van der Waals surface area contributed by atoms with E-state index in [-0.39, 0.29) is 5.54 Å². The molecule has 0 saturated heterocycles. The smallest absolute Gasteiger partial charge is 0.111 e. The average molecular weight is 211 g/mol. The second-order valence-electron chi connectivity index (χ2n) is 5.56. The molecule has 0 aromatic rings. The van der Waals surface area contributed by atoms with Gasteiger partial charge in [0.05, 0.1) is 5.54 Å². The summed E-state index contributed by atoms with van der Waals surface area (Å²) in [7, 11) is 0. The molecule has 0 bridgehead atoms. The van der Waals surface area contributed by atoms with Crippen molar-refractivity contribution in [2.24, 2.45) is 16.8 Å². The van der Waals surface area contributed by atoms with Crippen molar-refractivity contribution in [3.05, 3.63) is 0 Å². The standard InChI is InChI=1S/C12H25N3/c1-12(2,3)14-11(15-13)9-8-10-6-4-5-7-10/h10H,4-9,13H2,1-3H3,(H,14,15). The van der Waals surface area contributed by atoms with Gasteiger partial charge < -0.3 is 5.43 Å². The Labute approximate surface area is 93.5 Å². The van der Waals surface area contributed by atoms with Crippen molar-refractivity contribution < 1.29 is 0 Å². The van der Waals surface area contributed by atoms with Gasteiger partial charge in [0.25, 0.3) is 0 Å². The number of hydrogen-bond acceptors (Lipinski definition) is 2. The highest BCUT2D eigenvalue weighted by molar-refractivity contribution is 5.81. The van der Waals surface area contributed by atoms with Gasteiger partial charge in [-0.25, -0.2) is 5.84 Å². The van der Waals surface area contributed by atoms with Crippen LogP contribution in [0.5, 0.6) is 0 Å². The fourth-order valence-electron chi connectivity index (χ4n) is 2.21. The second-order valence-corrected chi connectivity index (χ2v) is 5.56. The predicted molar refractivity (Wildman–Crippen MR) is 65.7 cm³/mol. The summed E-state index contributed by atoms with van der Waals surface area (Å²) >= 11 is 0. The van der Waals surface area contributed by atoms with E-state index >= 15 is 0 Å². The van der Waals surface area contributed by atoms with Crippen LogP contribution in [0.2, 0.25) is 0 Å². The highest BCUT2D eigenvalue weighted by Gasteiger charge is 2.16. The Morgan fingerprint density at radius 3 is 2.40 bits per heavy atom. The average Bonchev–Trinajstić information content (AvgIpc) is 2.62. The lowest BCUT2D eigenvalue weighted by Gasteiger charge is -2.16. The molecule has 1 aliphatic rings. The molecule has 0 aliphatic heterocycles. The van der Waals surface area contributed by atoms with Gasteiger partial charge in [-0.15, -0.1) is 0 Å². The molecule has 0 heterocycles. The van der Waals surface area contributed by atoms with Crippen molar-refractivity contribution in [3.8, 4) is 0 Å². The molecule has 0 amide bonds. The largest absolute Gasteiger partial charge is 0.312 e. The van der Waals surface area contributed by atoms with Gasteiger partial charge in [0.2, 0.25) is 0 Å². The lowest BCUT2D eigenvalue weighted by atomic mass is 10.0. The minimum Gasteiger partial charge on any atom is -0.312 e. The molecule has 3 heteroatoms. The summed E-state index contributed by atoms with van der Waals surface area (Å²) in [5, 5.41) is 0. The van der Waals surface area contributed by atoms with Crippen LogP contribution < -0.4 is 11.3 Å². The third-order valence-corrected chi connectivity index (χ3v) is 2.90. The zero-order valence-corrected chi connectivity index (χ0v) is 10.3. The molecule has 1 rings (SSSR count). The number of hydrogen-bond donors (Lipinski definition) is 2. The molecule has 1 fully saturated rings. The molecule has 0 radical (unpaired) electrons. The second kappa shape index (κ2) is 5.50. The third-order valence-electron chi connectivity index (χ3n) is 2.90. The summed E-state index contributed by atoms with van der Waals surface area (Å²) in [6.07, 6.45) is 7.84. The number of aliphatic imine (C=N–C) groups is 1. The predicted octanol–water partition coefficient (Wildman–Crippen LogP) is 2.62. The van der Waals surface area contributed by atoms with Crippen LogP contribution in [0, 0.1) is 5.92 Å². The van der Waals surface area contributed by atoms with Crippen molar-refractivity contribution in [1.82, 2.24) is 5.43 Å². The molecule has 88 valence electrons. The highest BCUT2D eigenvalue weighted by atomic mass is 15.3. The first-order valence-corrected chi connectivity index (χ1v) is 6.06. The summed E-state index contributed by atoms with van der Waals surface area (Å²) in [6.45, 7) is 6.29. The number of amidine groups is 1. The van der Waals surface area contributed by atoms with Crippen molar-refractivity contribution in [3.63, 3.8) is 0 Å². The fraction of sp³-hybridized carbons (Fsp3) is 0.917. The SMILES string of the molecule is CC(C)(C)N=C(CCC1CCCC1)NN. The Kier molecular flexibility index (Phi) is 4.58. The topological polar surface area (TPSA) is 50.4 Å². The van der Waals surface area contributed by atoms with Crippen molar-refractivity contribution in [1.29, 1.82) is 0 Å². The number of nitrogens with one attached hydrogen (secondary N) is 1. The van der Waals surface area contributed by atoms with Gasteiger partial charge in [0.1, 0.15) is 5.84 Å². The van der Waals surface area contributed by atoms with Gasteiger partial charge >= 0.3 is 0 Å². The van der Waals surface area contributed by atoms with Gasteiger partial charge in [0.15, 0.2) is 0 Å².